The first-order valence-corrected chi connectivity index (χ1v) is 16.3. The highest BCUT2D eigenvalue weighted by atomic mass is 32.1. The van der Waals surface area contributed by atoms with Crippen molar-refractivity contribution in [3.8, 4) is 11.8 Å². The number of nitrogens with zero attached hydrogens (tertiary/aromatic N) is 5. The summed E-state index contributed by atoms with van der Waals surface area (Å²) in [5.74, 6) is -7.77. The number of rotatable bonds is 11. The number of carbonyl (C=O) groups excluding carboxylic acids is 3. The predicted molar refractivity (Wildman–Crippen MR) is 176 cm³/mol. The highest BCUT2D eigenvalue weighted by molar-refractivity contribution is 7.81. The van der Waals surface area contributed by atoms with Gasteiger partial charge in [0.2, 0.25) is 0 Å². The molecule has 18 heteroatoms. The number of piperazine rings is 1. The Hall–Kier alpha value is -4.34. The molecule has 4 rings (SSSR count). The Balaban J connectivity index is 1.62. The average Bonchev–Trinajstić information content (AvgIpc) is 3.24. The van der Waals surface area contributed by atoms with Crippen molar-refractivity contribution in [2.45, 2.75) is 57.4 Å². The molecule has 2 amide bonds. The highest BCUT2D eigenvalue weighted by Crippen LogP contribution is 2.44. The van der Waals surface area contributed by atoms with Gasteiger partial charge in [-0.2, -0.15) is 31.6 Å². The van der Waals surface area contributed by atoms with Gasteiger partial charge in [-0.3, -0.25) is 19.4 Å². The quantitative estimate of drug-likeness (QED) is 0.103. The molecule has 51 heavy (non-hydrogen) atoms. The van der Waals surface area contributed by atoms with E-state index in [1.807, 2.05) is 0 Å². The molecule has 0 radical (unpaired) electrons. The van der Waals surface area contributed by atoms with Crippen molar-refractivity contribution in [3.63, 3.8) is 0 Å². The summed E-state index contributed by atoms with van der Waals surface area (Å²) in [5.41, 5.74) is -5.90. The fraction of sp³-hybridized carbons (Fsp3) is 0.485. The molecule has 0 spiro atoms. The summed E-state index contributed by atoms with van der Waals surface area (Å²) in [6, 6.07) is 5.58. The lowest BCUT2D eigenvalue weighted by Gasteiger charge is -2.31. The Bertz CT molecular complexity index is 1720. The standard InChI is InChI=1S/C33H35F7N6O4S/c1-31(2)28(48)45(21-9-8-20(19-41)23(18-21)32(35,36)37)30(51)46(31)24-11-10-22(25(34)26(24)50-29(49)33(38,39)40)27(47)43(3)14-6-4-5-7-15-44-16-12-42-13-17-44/h8-11,18,42H,4-7,12-17H2,1-3H3. The maximum Gasteiger partial charge on any atom is 0.491 e. The maximum atomic E-state index is 16.1. The Morgan fingerprint density at radius 1 is 1.04 bits per heavy atom. The van der Waals surface area contributed by atoms with Crippen LogP contribution < -0.4 is 19.9 Å². The van der Waals surface area contributed by atoms with Gasteiger partial charge in [-0.15, -0.1) is 0 Å². The van der Waals surface area contributed by atoms with Gasteiger partial charge >= 0.3 is 18.3 Å². The smallest absolute Gasteiger partial charge is 0.414 e. The van der Waals surface area contributed by atoms with Gasteiger partial charge in [0.15, 0.2) is 16.7 Å². The number of carbonyl (C=O) groups is 3. The summed E-state index contributed by atoms with van der Waals surface area (Å²) < 4.78 is 102. The van der Waals surface area contributed by atoms with E-state index in [1.165, 1.54) is 31.9 Å². The lowest BCUT2D eigenvalue weighted by molar-refractivity contribution is -0.189. The minimum absolute atomic E-state index is 0.183. The van der Waals surface area contributed by atoms with Crippen LogP contribution in [0.15, 0.2) is 30.3 Å². The van der Waals surface area contributed by atoms with Gasteiger partial charge in [-0.1, -0.05) is 12.8 Å². The average molecular weight is 745 g/mol. The van der Waals surface area contributed by atoms with Crippen LogP contribution in [-0.4, -0.2) is 90.7 Å². The highest BCUT2D eigenvalue weighted by Gasteiger charge is 2.52. The fourth-order valence-electron chi connectivity index (χ4n) is 5.85. The molecule has 2 aliphatic rings. The second kappa shape index (κ2) is 15.5. The van der Waals surface area contributed by atoms with E-state index in [2.05, 4.69) is 15.0 Å². The zero-order valence-electron chi connectivity index (χ0n) is 27.9. The summed E-state index contributed by atoms with van der Waals surface area (Å²) in [6.07, 6.45) is -7.47. The third kappa shape index (κ3) is 8.59. The number of amides is 2. The van der Waals surface area contributed by atoms with E-state index < -0.39 is 80.4 Å². The third-order valence-electron chi connectivity index (χ3n) is 8.60. The third-order valence-corrected chi connectivity index (χ3v) is 8.97. The number of esters is 1. The molecule has 276 valence electrons. The number of nitrogens with one attached hydrogen (secondary N) is 1. The van der Waals surface area contributed by atoms with Crippen LogP contribution in [0.4, 0.5) is 42.1 Å². The molecule has 2 aliphatic heterocycles. The van der Waals surface area contributed by atoms with Gasteiger partial charge in [-0.25, -0.2) is 9.18 Å². The van der Waals surface area contributed by atoms with E-state index in [1.54, 1.807) is 0 Å². The van der Waals surface area contributed by atoms with Gasteiger partial charge < -0.3 is 19.9 Å². The van der Waals surface area contributed by atoms with Crippen LogP contribution in [0.2, 0.25) is 0 Å². The van der Waals surface area contributed by atoms with Crippen molar-refractivity contribution >= 4 is 46.5 Å². The topological polar surface area (TPSA) is 109 Å². The van der Waals surface area contributed by atoms with Gasteiger partial charge in [0, 0.05) is 39.8 Å². The maximum absolute atomic E-state index is 16.1. The number of benzene rings is 2. The van der Waals surface area contributed by atoms with Crippen LogP contribution in [-0.2, 0) is 15.8 Å². The molecule has 0 aromatic heterocycles. The van der Waals surface area contributed by atoms with Gasteiger partial charge in [0.25, 0.3) is 11.8 Å². The molecule has 0 atom stereocenters. The Labute approximate surface area is 294 Å². The number of anilines is 2. The van der Waals surface area contributed by atoms with Crippen LogP contribution in [0.25, 0.3) is 0 Å². The molecular weight excluding hydrogens is 709 g/mol. The summed E-state index contributed by atoms with van der Waals surface area (Å²) in [6.45, 7) is 7.35. The second-order valence-electron chi connectivity index (χ2n) is 12.6. The number of unbranched alkanes of at least 4 members (excludes halogenated alkanes) is 3. The van der Waals surface area contributed by atoms with Crippen molar-refractivity contribution in [2.75, 3.05) is 56.1 Å². The van der Waals surface area contributed by atoms with Crippen LogP contribution in [0.1, 0.15) is 61.0 Å². The van der Waals surface area contributed by atoms with E-state index in [0.717, 1.165) is 81.2 Å². The summed E-state index contributed by atoms with van der Waals surface area (Å²) in [5, 5.41) is 11.8. The summed E-state index contributed by atoms with van der Waals surface area (Å²) >= 11 is 5.40. The number of hydrogen-bond acceptors (Lipinski definition) is 8. The van der Waals surface area contributed by atoms with E-state index in [4.69, 9.17) is 17.5 Å². The van der Waals surface area contributed by atoms with Crippen LogP contribution >= 0.6 is 12.2 Å². The first-order valence-electron chi connectivity index (χ1n) is 15.9. The molecule has 0 bridgehead atoms. The van der Waals surface area contributed by atoms with Crippen LogP contribution in [0.3, 0.4) is 0 Å². The second-order valence-corrected chi connectivity index (χ2v) is 12.9. The number of thiocarbonyl (C=S) groups is 1. The van der Waals surface area contributed by atoms with Crippen molar-refractivity contribution < 1.29 is 49.9 Å². The van der Waals surface area contributed by atoms with Crippen LogP contribution in [0, 0.1) is 17.1 Å². The molecule has 2 heterocycles. The largest absolute Gasteiger partial charge is 0.491 e. The van der Waals surface area contributed by atoms with E-state index >= 15 is 4.39 Å². The molecule has 10 nitrogen and oxygen atoms in total. The molecule has 2 aromatic carbocycles. The normalized spacial score (nSPS) is 16.7. The zero-order chi connectivity index (χ0) is 37.9. The first-order chi connectivity index (χ1) is 23.8. The van der Waals surface area contributed by atoms with Crippen molar-refractivity contribution in [1.82, 2.24) is 15.1 Å². The Kier molecular flexibility index (Phi) is 12.0. The van der Waals surface area contributed by atoms with E-state index in [9.17, 15) is 40.7 Å². The monoisotopic (exact) mass is 744 g/mol. The van der Waals surface area contributed by atoms with Crippen molar-refractivity contribution in [2.24, 2.45) is 0 Å². The predicted octanol–water partition coefficient (Wildman–Crippen LogP) is 5.64. The minimum Gasteiger partial charge on any atom is -0.414 e. The van der Waals surface area contributed by atoms with Crippen molar-refractivity contribution in [1.29, 1.82) is 5.26 Å². The Morgan fingerprint density at radius 3 is 2.29 bits per heavy atom. The van der Waals surface area contributed by atoms with E-state index in [0.29, 0.717) is 17.4 Å². The summed E-state index contributed by atoms with van der Waals surface area (Å²) in [7, 11) is 1.37. The number of nitriles is 1. The first kappa shape index (κ1) is 39.4. The molecule has 0 unspecified atom stereocenters. The fourth-order valence-corrected chi connectivity index (χ4v) is 6.36. The summed E-state index contributed by atoms with van der Waals surface area (Å²) in [4.78, 5) is 43.9. The van der Waals surface area contributed by atoms with Gasteiger partial charge in [-0.05, 0) is 75.8 Å². The zero-order valence-corrected chi connectivity index (χ0v) is 28.7. The molecule has 2 aromatic rings. The van der Waals surface area contributed by atoms with Gasteiger partial charge in [0.1, 0.15) is 5.54 Å². The SMILES string of the molecule is CN(CCCCCCN1CCNCC1)C(=O)c1ccc(N2C(=S)N(c3ccc(C#N)c(C(F)(F)F)c3)C(=O)C2(C)C)c(OC(=O)C(F)(F)F)c1F. The molecule has 0 aliphatic carbocycles. The molecule has 2 saturated heterocycles. The van der Waals surface area contributed by atoms with Crippen LogP contribution in [0.5, 0.6) is 5.75 Å². The van der Waals surface area contributed by atoms with Crippen molar-refractivity contribution in [3.05, 3.63) is 52.8 Å². The Morgan fingerprint density at radius 2 is 1.69 bits per heavy atom. The number of ether oxygens (including phenoxy) is 1. The molecule has 0 saturated carbocycles. The van der Waals surface area contributed by atoms with Gasteiger partial charge in [0.05, 0.1) is 34.1 Å². The lowest BCUT2D eigenvalue weighted by Crippen LogP contribution is -2.45. The molecule has 2 fully saturated rings. The number of hydrogen-bond donors (Lipinski definition) is 1. The number of alkyl halides is 6. The molecule has 1 N–H and O–H groups in total. The number of halogens is 7. The lowest BCUT2D eigenvalue weighted by atomic mass is 10.0. The van der Waals surface area contributed by atoms with E-state index in [-0.39, 0.29) is 6.54 Å². The minimum atomic E-state index is -5.61. The molecular formula is C33H35F7N6O4S.